The summed E-state index contributed by atoms with van der Waals surface area (Å²) in [4.78, 5) is 9.41. The normalized spacial score (nSPS) is 24.5. The smallest absolute Gasteiger partial charge is 0.204 e. The van der Waals surface area contributed by atoms with E-state index >= 15 is 0 Å². The van der Waals surface area contributed by atoms with Crippen LogP contribution in [0.25, 0.3) is 11.0 Å². The van der Waals surface area contributed by atoms with E-state index in [1.54, 1.807) is 12.3 Å². The van der Waals surface area contributed by atoms with Crippen molar-refractivity contribution in [1.29, 1.82) is 5.26 Å². The van der Waals surface area contributed by atoms with Crippen molar-refractivity contribution in [3.05, 3.63) is 24.1 Å². The summed E-state index contributed by atoms with van der Waals surface area (Å²) in [6.45, 7) is 3.44. The van der Waals surface area contributed by atoms with Crippen LogP contribution in [-0.4, -0.2) is 60.6 Å². The maximum atomic E-state index is 8.92. The molecule has 26 heavy (non-hydrogen) atoms. The van der Waals surface area contributed by atoms with Crippen LogP contribution >= 0.6 is 0 Å². The molecule has 2 aromatic rings. The third-order valence-electron chi connectivity index (χ3n) is 6.04. The molecule has 6 nitrogen and oxygen atoms in total. The van der Waals surface area contributed by atoms with Crippen LogP contribution in [0.4, 0.5) is 5.82 Å². The van der Waals surface area contributed by atoms with Crippen LogP contribution < -0.4 is 5.32 Å². The fourth-order valence-corrected chi connectivity index (χ4v) is 4.17. The van der Waals surface area contributed by atoms with Crippen LogP contribution in [0, 0.1) is 17.2 Å². The Labute approximate surface area is 154 Å². The molecule has 1 saturated heterocycles. The molecule has 138 valence electrons. The summed E-state index contributed by atoms with van der Waals surface area (Å²) in [7, 11) is 4.36. The van der Waals surface area contributed by atoms with Gasteiger partial charge in [-0.25, -0.2) is 4.98 Å². The average Bonchev–Trinajstić information content (AvgIpc) is 3.02. The lowest BCUT2D eigenvalue weighted by Gasteiger charge is -2.48. The Morgan fingerprint density at radius 1 is 1.27 bits per heavy atom. The highest BCUT2D eigenvalue weighted by Gasteiger charge is 2.35. The van der Waals surface area contributed by atoms with E-state index in [1.165, 1.54) is 38.8 Å². The van der Waals surface area contributed by atoms with Crippen LogP contribution in [0.1, 0.15) is 31.4 Å². The Balaban J connectivity index is 1.24. The Kier molecular flexibility index (Phi) is 4.84. The number of nitrogens with zero attached hydrogens (tertiary/aromatic N) is 4. The molecule has 2 aromatic heterocycles. The van der Waals surface area contributed by atoms with Crippen molar-refractivity contribution in [1.82, 2.24) is 14.8 Å². The van der Waals surface area contributed by atoms with Gasteiger partial charge in [0.1, 0.15) is 11.9 Å². The molecule has 0 radical (unpaired) electrons. The first-order valence-electron chi connectivity index (χ1n) is 9.56. The number of furan rings is 1. The summed E-state index contributed by atoms with van der Waals surface area (Å²) < 4.78 is 5.38. The Morgan fingerprint density at radius 2 is 2.04 bits per heavy atom. The van der Waals surface area contributed by atoms with E-state index in [2.05, 4.69) is 34.2 Å². The molecule has 2 aliphatic rings. The Bertz CT molecular complexity index is 794. The number of rotatable bonds is 5. The van der Waals surface area contributed by atoms with Gasteiger partial charge >= 0.3 is 0 Å². The number of likely N-dealkylation sites (N-methyl/N-ethyl adjacent to an activating group) is 1. The van der Waals surface area contributed by atoms with E-state index < -0.39 is 0 Å². The second-order valence-electron chi connectivity index (χ2n) is 7.96. The maximum Gasteiger partial charge on any atom is 0.204 e. The molecule has 0 amide bonds. The molecule has 0 spiro atoms. The minimum atomic E-state index is 0.333. The van der Waals surface area contributed by atoms with Gasteiger partial charge in [-0.2, -0.15) is 5.26 Å². The number of likely N-dealkylation sites (tertiary alicyclic amines) is 1. The molecule has 1 aliphatic carbocycles. The van der Waals surface area contributed by atoms with Gasteiger partial charge in [-0.05, 0) is 51.8 Å². The second-order valence-corrected chi connectivity index (χ2v) is 7.96. The monoisotopic (exact) mass is 353 g/mol. The molecule has 1 saturated carbocycles. The molecule has 0 unspecified atom stereocenters. The zero-order valence-corrected chi connectivity index (χ0v) is 15.6. The third-order valence-corrected chi connectivity index (χ3v) is 6.04. The molecule has 0 bridgehead atoms. The summed E-state index contributed by atoms with van der Waals surface area (Å²) in [6.07, 6.45) is 6.89. The van der Waals surface area contributed by atoms with Crippen LogP contribution in [0.3, 0.4) is 0 Å². The van der Waals surface area contributed by atoms with Crippen molar-refractivity contribution in [2.24, 2.45) is 5.92 Å². The molecule has 0 aromatic carbocycles. The highest BCUT2D eigenvalue weighted by Crippen LogP contribution is 2.31. The fourth-order valence-electron chi connectivity index (χ4n) is 4.17. The first-order valence-corrected chi connectivity index (χ1v) is 9.56. The molecule has 3 heterocycles. The number of hydrogen-bond acceptors (Lipinski definition) is 6. The predicted octanol–water partition coefficient (Wildman–Crippen LogP) is 2.92. The summed E-state index contributed by atoms with van der Waals surface area (Å²) >= 11 is 0. The van der Waals surface area contributed by atoms with Crippen LogP contribution in [-0.2, 0) is 0 Å². The van der Waals surface area contributed by atoms with Crippen molar-refractivity contribution >= 4 is 16.8 Å². The van der Waals surface area contributed by atoms with E-state index in [0.717, 1.165) is 29.8 Å². The SMILES string of the molecule is CN(C)C1CN(C2CCC(CNc3cc4cc(C#N)oc4cn3)CC2)C1. The summed E-state index contributed by atoms with van der Waals surface area (Å²) in [6, 6.07) is 7.29. The second kappa shape index (κ2) is 7.26. The molecule has 4 rings (SSSR count). The van der Waals surface area contributed by atoms with E-state index in [4.69, 9.17) is 9.68 Å². The van der Waals surface area contributed by atoms with Crippen LogP contribution in [0.2, 0.25) is 0 Å². The topological polar surface area (TPSA) is 68.3 Å². The number of aromatic nitrogens is 1. The van der Waals surface area contributed by atoms with Gasteiger partial charge in [0, 0.05) is 43.2 Å². The van der Waals surface area contributed by atoms with Gasteiger partial charge in [0.25, 0.3) is 0 Å². The number of fused-ring (bicyclic) bond motifs is 1. The van der Waals surface area contributed by atoms with Gasteiger partial charge in [0.05, 0.1) is 6.20 Å². The van der Waals surface area contributed by atoms with E-state index in [0.29, 0.717) is 17.3 Å². The Hall–Kier alpha value is -2.10. The number of nitriles is 1. The molecule has 2 fully saturated rings. The van der Waals surface area contributed by atoms with Gasteiger partial charge in [0.2, 0.25) is 5.76 Å². The van der Waals surface area contributed by atoms with Crippen LogP contribution in [0.5, 0.6) is 0 Å². The molecular formula is C20H27N5O. The lowest BCUT2D eigenvalue weighted by Crippen LogP contribution is -2.61. The van der Waals surface area contributed by atoms with Crippen molar-refractivity contribution in [2.45, 2.75) is 37.8 Å². The van der Waals surface area contributed by atoms with E-state index in [-0.39, 0.29) is 0 Å². The first-order chi connectivity index (χ1) is 12.6. The standard InChI is InChI=1S/C20H27N5O/c1-24(2)17-12-25(13-17)16-5-3-14(4-6-16)10-22-20-8-15-7-18(9-21)26-19(15)11-23-20/h7-8,11,14,16-17H,3-6,10,12-13H2,1-2H3,(H,22,23). The van der Waals surface area contributed by atoms with Gasteiger partial charge in [-0.3, -0.25) is 4.90 Å². The van der Waals surface area contributed by atoms with Gasteiger partial charge in [-0.1, -0.05) is 0 Å². The molecule has 0 atom stereocenters. The summed E-state index contributed by atoms with van der Waals surface area (Å²) in [5, 5.41) is 13.3. The zero-order valence-electron chi connectivity index (χ0n) is 15.6. The number of anilines is 1. The largest absolute Gasteiger partial charge is 0.444 e. The average molecular weight is 353 g/mol. The van der Waals surface area contributed by atoms with Gasteiger partial charge in [-0.15, -0.1) is 0 Å². The number of hydrogen-bond donors (Lipinski definition) is 1. The molecular weight excluding hydrogens is 326 g/mol. The minimum Gasteiger partial charge on any atom is -0.444 e. The molecule has 6 heteroatoms. The fraction of sp³-hybridized carbons (Fsp3) is 0.600. The van der Waals surface area contributed by atoms with E-state index in [9.17, 15) is 0 Å². The highest BCUT2D eigenvalue weighted by atomic mass is 16.3. The molecule has 1 N–H and O–H groups in total. The summed E-state index contributed by atoms with van der Waals surface area (Å²) in [5.41, 5.74) is 0.665. The lowest BCUT2D eigenvalue weighted by atomic mass is 9.84. The van der Waals surface area contributed by atoms with E-state index in [1.807, 2.05) is 12.1 Å². The Morgan fingerprint density at radius 3 is 2.73 bits per heavy atom. The van der Waals surface area contributed by atoms with Crippen molar-refractivity contribution in [2.75, 3.05) is 39.0 Å². The van der Waals surface area contributed by atoms with Crippen molar-refractivity contribution in [3.63, 3.8) is 0 Å². The third kappa shape index (κ3) is 3.55. The lowest BCUT2D eigenvalue weighted by molar-refractivity contribution is 0.00936. The van der Waals surface area contributed by atoms with Gasteiger partial charge in [0.15, 0.2) is 5.58 Å². The first kappa shape index (κ1) is 17.3. The van der Waals surface area contributed by atoms with Crippen molar-refractivity contribution in [3.8, 4) is 6.07 Å². The molecule has 1 aliphatic heterocycles. The number of nitrogens with one attached hydrogen (secondary N) is 1. The van der Waals surface area contributed by atoms with Crippen LogP contribution in [0.15, 0.2) is 22.7 Å². The minimum absolute atomic E-state index is 0.333. The van der Waals surface area contributed by atoms with Gasteiger partial charge < -0.3 is 14.6 Å². The maximum absolute atomic E-state index is 8.92. The quantitative estimate of drug-likeness (QED) is 0.891. The van der Waals surface area contributed by atoms with Crippen molar-refractivity contribution < 1.29 is 4.42 Å². The number of pyridine rings is 1. The summed E-state index contributed by atoms with van der Waals surface area (Å²) in [5.74, 6) is 1.91. The highest BCUT2D eigenvalue weighted by molar-refractivity contribution is 5.80. The zero-order chi connectivity index (χ0) is 18.1. The predicted molar refractivity (Wildman–Crippen MR) is 102 cm³/mol.